The molecule has 1 aliphatic carbocycles. The van der Waals surface area contributed by atoms with Crippen molar-refractivity contribution in [1.82, 2.24) is 0 Å². The molecule has 0 amide bonds. The van der Waals surface area contributed by atoms with Crippen LogP contribution < -0.4 is 0 Å². The number of carbonyl (C=O) groups is 1. The summed E-state index contributed by atoms with van der Waals surface area (Å²) in [6.07, 6.45) is 1.97. The van der Waals surface area contributed by atoms with Crippen LogP contribution in [0.3, 0.4) is 0 Å². The number of rotatable bonds is 4. The van der Waals surface area contributed by atoms with Crippen LogP contribution in [0.5, 0.6) is 0 Å². The molecule has 1 saturated carbocycles. The Balaban J connectivity index is 2.42. The minimum Gasteiger partial charge on any atom is -0.469 e. The van der Waals surface area contributed by atoms with Crippen LogP contribution in [0.4, 0.5) is 5.69 Å². The molecule has 18 heavy (non-hydrogen) atoms. The maximum Gasteiger partial charge on any atom is 0.310 e. The number of hydrogen-bond acceptors (Lipinski definition) is 4. The first-order valence-electron chi connectivity index (χ1n) is 5.56. The number of carbonyl (C=O) groups excluding carboxylic acids is 1. The Morgan fingerprint density at radius 2 is 2.22 bits per heavy atom. The summed E-state index contributed by atoms with van der Waals surface area (Å²) in [5, 5.41) is 11.3. The Morgan fingerprint density at radius 1 is 1.56 bits per heavy atom. The number of methoxy groups -OCH3 is 1. The number of benzene rings is 1. The molecule has 1 fully saturated rings. The van der Waals surface area contributed by atoms with Crippen LogP contribution in [0.2, 0.25) is 5.02 Å². The summed E-state index contributed by atoms with van der Waals surface area (Å²) >= 11 is 6.03. The Labute approximate surface area is 109 Å². The van der Waals surface area contributed by atoms with Gasteiger partial charge in [0, 0.05) is 11.6 Å². The molecule has 96 valence electrons. The fraction of sp³-hybridized carbons (Fsp3) is 0.417. The van der Waals surface area contributed by atoms with Gasteiger partial charge in [0.1, 0.15) is 0 Å². The van der Waals surface area contributed by atoms with Crippen LogP contribution in [0.1, 0.15) is 29.9 Å². The van der Waals surface area contributed by atoms with E-state index in [1.807, 2.05) is 0 Å². The highest BCUT2D eigenvalue weighted by molar-refractivity contribution is 6.31. The zero-order chi connectivity index (χ0) is 13.3. The van der Waals surface area contributed by atoms with E-state index in [2.05, 4.69) is 4.74 Å². The van der Waals surface area contributed by atoms with Gasteiger partial charge in [0.25, 0.3) is 5.69 Å². The molecule has 6 heteroatoms. The molecule has 2 rings (SSSR count). The second-order valence-corrected chi connectivity index (χ2v) is 4.69. The molecular formula is C12H12ClNO4. The number of esters is 1. The first-order chi connectivity index (χ1) is 8.52. The first-order valence-corrected chi connectivity index (χ1v) is 5.94. The molecule has 0 unspecified atom stereocenters. The van der Waals surface area contributed by atoms with Crippen LogP contribution in [-0.4, -0.2) is 18.0 Å². The third kappa shape index (κ3) is 2.61. The molecule has 0 aliphatic heterocycles. The second kappa shape index (κ2) is 4.94. The van der Waals surface area contributed by atoms with Gasteiger partial charge in [0.2, 0.25) is 0 Å². The van der Waals surface area contributed by atoms with Crippen molar-refractivity contribution in [2.45, 2.75) is 25.2 Å². The number of ether oxygens (including phenoxy) is 1. The average molecular weight is 270 g/mol. The molecule has 0 radical (unpaired) electrons. The fourth-order valence-electron chi connectivity index (χ4n) is 1.87. The lowest BCUT2D eigenvalue weighted by molar-refractivity contribution is -0.385. The molecule has 5 nitrogen and oxygen atoms in total. The number of nitro groups is 1. The monoisotopic (exact) mass is 269 g/mol. The van der Waals surface area contributed by atoms with Crippen LogP contribution in [0.25, 0.3) is 0 Å². The third-order valence-electron chi connectivity index (χ3n) is 2.97. The van der Waals surface area contributed by atoms with Crippen LogP contribution in [0, 0.1) is 10.1 Å². The van der Waals surface area contributed by atoms with E-state index in [4.69, 9.17) is 11.6 Å². The van der Waals surface area contributed by atoms with E-state index in [0.717, 1.165) is 18.4 Å². The van der Waals surface area contributed by atoms with Crippen molar-refractivity contribution >= 4 is 23.3 Å². The van der Waals surface area contributed by atoms with Crippen molar-refractivity contribution in [2.24, 2.45) is 0 Å². The van der Waals surface area contributed by atoms with Gasteiger partial charge in [0.15, 0.2) is 0 Å². The molecule has 0 saturated heterocycles. The average Bonchev–Trinajstić information content (AvgIpc) is 3.14. The van der Waals surface area contributed by atoms with Gasteiger partial charge >= 0.3 is 5.97 Å². The topological polar surface area (TPSA) is 69.4 Å². The molecule has 0 spiro atoms. The molecule has 0 bridgehead atoms. The number of nitro benzene ring substituents is 1. The minimum absolute atomic E-state index is 0.107. The highest BCUT2D eigenvalue weighted by Crippen LogP contribution is 2.45. The third-order valence-corrected chi connectivity index (χ3v) is 3.30. The van der Waals surface area contributed by atoms with E-state index in [-0.39, 0.29) is 12.1 Å². The molecule has 1 aromatic rings. The maximum absolute atomic E-state index is 11.3. The second-order valence-electron chi connectivity index (χ2n) is 4.29. The Kier molecular flexibility index (Phi) is 3.52. The van der Waals surface area contributed by atoms with E-state index in [0.29, 0.717) is 16.5 Å². The van der Waals surface area contributed by atoms with Gasteiger partial charge in [-0.1, -0.05) is 11.6 Å². The van der Waals surface area contributed by atoms with Crippen LogP contribution >= 0.6 is 11.6 Å². The van der Waals surface area contributed by atoms with E-state index < -0.39 is 10.9 Å². The summed E-state index contributed by atoms with van der Waals surface area (Å²) in [5.41, 5.74) is 1.12. The molecule has 0 atom stereocenters. The standard InChI is InChI=1S/C12H12ClNO4/c1-18-12(15)5-8-4-9(7-2-3-7)10(13)6-11(8)14(16)17/h4,6-7H,2-3,5H2,1H3. The maximum atomic E-state index is 11.3. The summed E-state index contributed by atoms with van der Waals surface area (Å²) < 4.78 is 4.54. The quantitative estimate of drug-likeness (QED) is 0.479. The van der Waals surface area contributed by atoms with Gasteiger partial charge in [-0.25, -0.2) is 0 Å². The van der Waals surface area contributed by atoms with Crippen molar-refractivity contribution in [1.29, 1.82) is 0 Å². The van der Waals surface area contributed by atoms with E-state index in [1.165, 1.54) is 13.2 Å². The lowest BCUT2D eigenvalue weighted by atomic mass is 10.0. The highest BCUT2D eigenvalue weighted by atomic mass is 35.5. The largest absolute Gasteiger partial charge is 0.469 e. The Hall–Kier alpha value is -1.62. The SMILES string of the molecule is COC(=O)Cc1cc(C2CC2)c(Cl)cc1[N+](=O)[O-]. The van der Waals surface area contributed by atoms with Crippen LogP contribution in [-0.2, 0) is 16.0 Å². The van der Waals surface area contributed by atoms with Crippen molar-refractivity contribution in [3.63, 3.8) is 0 Å². The summed E-state index contributed by atoms with van der Waals surface area (Å²) in [6, 6.07) is 2.99. The molecular weight excluding hydrogens is 258 g/mol. The highest BCUT2D eigenvalue weighted by Gasteiger charge is 2.29. The molecule has 1 aromatic carbocycles. The van der Waals surface area contributed by atoms with Gasteiger partial charge in [-0.3, -0.25) is 14.9 Å². The van der Waals surface area contributed by atoms with Gasteiger partial charge < -0.3 is 4.74 Å². The smallest absolute Gasteiger partial charge is 0.310 e. The zero-order valence-electron chi connectivity index (χ0n) is 9.81. The van der Waals surface area contributed by atoms with Gasteiger partial charge in [-0.15, -0.1) is 0 Å². The molecule has 0 N–H and O–H groups in total. The normalized spacial score (nSPS) is 14.3. The number of hydrogen-bond donors (Lipinski definition) is 0. The summed E-state index contributed by atoms with van der Waals surface area (Å²) in [7, 11) is 1.26. The Morgan fingerprint density at radius 3 is 2.72 bits per heavy atom. The van der Waals surface area contributed by atoms with Crippen molar-refractivity contribution in [3.8, 4) is 0 Å². The van der Waals surface area contributed by atoms with Gasteiger partial charge in [-0.2, -0.15) is 0 Å². The van der Waals surface area contributed by atoms with Crippen LogP contribution in [0.15, 0.2) is 12.1 Å². The minimum atomic E-state index is -0.527. The lowest BCUT2D eigenvalue weighted by Gasteiger charge is -2.07. The van der Waals surface area contributed by atoms with E-state index in [1.54, 1.807) is 6.07 Å². The van der Waals surface area contributed by atoms with Crippen molar-refractivity contribution < 1.29 is 14.5 Å². The van der Waals surface area contributed by atoms with Crippen molar-refractivity contribution in [2.75, 3.05) is 7.11 Å². The number of halogens is 1. The van der Waals surface area contributed by atoms with Gasteiger partial charge in [-0.05, 0) is 30.4 Å². The fourth-order valence-corrected chi connectivity index (χ4v) is 2.19. The molecule has 0 aromatic heterocycles. The van der Waals surface area contributed by atoms with E-state index >= 15 is 0 Å². The predicted octanol–water partition coefficient (Wildman–Crippen LogP) is 2.84. The molecule has 1 aliphatic rings. The summed E-state index contributed by atoms with van der Waals surface area (Å²) in [4.78, 5) is 21.7. The van der Waals surface area contributed by atoms with Gasteiger partial charge in [0.05, 0.1) is 23.5 Å². The summed E-state index contributed by atoms with van der Waals surface area (Å²) in [6.45, 7) is 0. The number of nitrogens with zero attached hydrogens (tertiary/aromatic N) is 1. The molecule has 0 heterocycles. The zero-order valence-corrected chi connectivity index (χ0v) is 10.6. The first kappa shape index (κ1) is 12.8. The Bertz CT molecular complexity index is 511. The lowest BCUT2D eigenvalue weighted by Crippen LogP contribution is -2.07. The summed E-state index contributed by atoms with van der Waals surface area (Å²) in [5.74, 6) is -0.128. The van der Waals surface area contributed by atoms with Crippen molar-refractivity contribution in [3.05, 3.63) is 38.4 Å². The van der Waals surface area contributed by atoms with E-state index in [9.17, 15) is 14.9 Å². The predicted molar refractivity (Wildman–Crippen MR) is 65.8 cm³/mol.